The van der Waals surface area contributed by atoms with Gasteiger partial charge in [-0.05, 0) is 36.4 Å². The molecule has 0 aromatic heterocycles. The smallest absolute Gasteiger partial charge is 0.488 e. The van der Waals surface area contributed by atoms with Gasteiger partial charge in [0.25, 0.3) is 5.91 Å². The Kier molecular flexibility index (Phi) is 4.16. The molecule has 0 atom stereocenters. The number of alkyl halides is 3. The van der Waals surface area contributed by atoms with Crippen LogP contribution < -0.4 is 14.8 Å². The first kappa shape index (κ1) is 15.9. The largest absolute Gasteiger partial charge is 0.573 e. The van der Waals surface area contributed by atoms with Gasteiger partial charge in [-0.2, -0.15) is 0 Å². The van der Waals surface area contributed by atoms with E-state index in [2.05, 4.69) is 10.1 Å². The van der Waals surface area contributed by atoms with E-state index in [0.29, 0.717) is 17.0 Å². The van der Waals surface area contributed by atoms with Crippen molar-refractivity contribution in [1.82, 2.24) is 0 Å². The van der Waals surface area contributed by atoms with Crippen LogP contribution >= 0.6 is 0 Å². The topological polar surface area (TPSA) is 47.6 Å². The second-order valence-electron chi connectivity index (χ2n) is 5.02. The van der Waals surface area contributed by atoms with E-state index in [1.807, 2.05) is 18.2 Å². The Balaban J connectivity index is 1.68. The first-order valence-corrected chi connectivity index (χ1v) is 7.00. The lowest BCUT2D eigenvalue weighted by Crippen LogP contribution is -2.21. The average Bonchev–Trinajstić information content (AvgIpc) is 2.55. The van der Waals surface area contributed by atoms with Crippen molar-refractivity contribution >= 4 is 17.7 Å². The first-order chi connectivity index (χ1) is 11.4. The predicted molar refractivity (Wildman–Crippen MR) is 81.7 cm³/mol. The van der Waals surface area contributed by atoms with Crippen molar-refractivity contribution in [1.29, 1.82) is 0 Å². The number of para-hydroxylation sites is 1. The van der Waals surface area contributed by atoms with Crippen molar-refractivity contribution in [2.45, 2.75) is 6.36 Å². The van der Waals surface area contributed by atoms with Crippen molar-refractivity contribution in [2.24, 2.45) is 0 Å². The molecule has 24 heavy (non-hydrogen) atoms. The minimum Gasteiger partial charge on any atom is -0.488 e. The number of carbonyl (C=O) groups is 1. The lowest BCUT2D eigenvalue weighted by Gasteiger charge is -2.17. The van der Waals surface area contributed by atoms with E-state index >= 15 is 0 Å². The molecule has 0 bridgehead atoms. The summed E-state index contributed by atoms with van der Waals surface area (Å²) in [5.74, 6) is -0.0358. The zero-order valence-electron chi connectivity index (χ0n) is 12.3. The summed E-state index contributed by atoms with van der Waals surface area (Å²) in [5.41, 5.74) is 1.57. The van der Waals surface area contributed by atoms with E-state index in [-0.39, 0.29) is 18.3 Å². The van der Waals surface area contributed by atoms with Crippen molar-refractivity contribution < 1.29 is 27.4 Å². The zero-order valence-corrected chi connectivity index (χ0v) is 12.3. The van der Waals surface area contributed by atoms with Crippen LogP contribution in [0, 0.1) is 0 Å². The molecule has 0 spiro atoms. The fourth-order valence-electron chi connectivity index (χ4n) is 2.20. The molecule has 1 N–H and O–H groups in total. The van der Waals surface area contributed by atoms with Crippen LogP contribution in [0.1, 0.15) is 5.56 Å². The molecule has 0 saturated heterocycles. The van der Waals surface area contributed by atoms with Gasteiger partial charge in [-0.25, -0.2) is 0 Å². The number of rotatable bonds is 3. The molecule has 3 rings (SSSR count). The molecule has 7 heteroatoms. The normalized spacial score (nSPS) is 13.4. The number of nitrogens with one attached hydrogen (secondary N) is 1. The van der Waals surface area contributed by atoms with E-state index in [1.54, 1.807) is 12.1 Å². The quantitative estimate of drug-likeness (QED) is 0.922. The number of anilines is 1. The second-order valence-corrected chi connectivity index (χ2v) is 5.02. The Hall–Kier alpha value is -2.96. The lowest BCUT2D eigenvalue weighted by atomic mass is 10.1. The average molecular weight is 335 g/mol. The van der Waals surface area contributed by atoms with Crippen LogP contribution in [0.5, 0.6) is 11.5 Å². The van der Waals surface area contributed by atoms with Crippen molar-refractivity contribution in [3.63, 3.8) is 0 Å². The standard InChI is InChI=1S/C17H12F3NO3/c18-17(19,20)24-14-7-5-13(6-8-14)21-16(22)12-9-11-3-1-2-4-15(11)23-10-12/h1-9H,10H2,(H,21,22). The fourth-order valence-corrected chi connectivity index (χ4v) is 2.20. The fraction of sp³-hybridized carbons (Fsp3) is 0.118. The number of amides is 1. The highest BCUT2D eigenvalue weighted by Gasteiger charge is 2.31. The maximum atomic E-state index is 12.2. The van der Waals surface area contributed by atoms with Gasteiger partial charge in [0.2, 0.25) is 0 Å². The van der Waals surface area contributed by atoms with Crippen molar-refractivity contribution in [2.75, 3.05) is 11.9 Å². The minimum absolute atomic E-state index is 0.123. The number of benzene rings is 2. The maximum absolute atomic E-state index is 12.2. The Morgan fingerprint density at radius 1 is 1.08 bits per heavy atom. The summed E-state index contributed by atoms with van der Waals surface area (Å²) in [5, 5.41) is 2.61. The molecule has 0 fully saturated rings. The first-order valence-electron chi connectivity index (χ1n) is 7.00. The molecule has 0 unspecified atom stereocenters. The number of carbonyl (C=O) groups excluding carboxylic acids is 1. The van der Waals surface area contributed by atoms with Gasteiger partial charge in [-0.3, -0.25) is 4.79 Å². The van der Waals surface area contributed by atoms with Crippen LogP contribution in [0.2, 0.25) is 0 Å². The predicted octanol–water partition coefficient (Wildman–Crippen LogP) is 4.00. The number of halogens is 3. The molecule has 1 aliphatic heterocycles. The number of ether oxygens (including phenoxy) is 2. The van der Waals surface area contributed by atoms with Gasteiger partial charge in [0.1, 0.15) is 18.1 Å². The van der Waals surface area contributed by atoms with Gasteiger partial charge in [-0.1, -0.05) is 18.2 Å². The Morgan fingerprint density at radius 3 is 2.50 bits per heavy atom. The molecule has 2 aromatic carbocycles. The summed E-state index contributed by atoms with van der Waals surface area (Å²) in [4.78, 5) is 12.2. The van der Waals surface area contributed by atoms with Crippen molar-refractivity contribution in [3.8, 4) is 11.5 Å². The zero-order chi connectivity index (χ0) is 17.2. The van der Waals surface area contributed by atoms with Gasteiger partial charge >= 0.3 is 6.36 Å². The van der Waals surface area contributed by atoms with Crippen LogP contribution in [0.4, 0.5) is 18.9 Å². The number of hydrogen-bond acceptors (Lipinski definition) is 3. The number of fused-ring (bicyclic) bond motifs is 1. The highest BCUT2D eigenvalue weighted by molar-refractivity contribution is 6.07. The van der Waals surface area contributed by atoms with Crippen LogP contribution in [-0.2, 0) is 4.79 Å². The molecule has 2 aromatic rings. The summed E-state index contributed by atoms with van der Waals surface area (Å²) >= 11 is 0. The second kappa shape index (κ2) is 6.27. The van der Waals surface area contributed by atoms with Gasteiger partial charge in [0.15, 0.2) is 0 Å². The highest BCUT2D eigenvalue weighted by Crippen LogP contribution is 2.27. The molecule has 4 nitrogen and oxygen atoms in total. The molecule has 124 valence electrons. The Bertz CT molecular complexity index is 782. The number of hydrogen-bond donors (Lipinski definition) is 1. The molecule has 0 radical (unpaired) electrons. The maximum Gasteiger partial charge on any atom is 0.573 e. The third-order valence-corrected chi connectivity index (χ3v) is 3.27. The van der Waals surface area contributed by atoms with Gasteiger partial charge in [0, 0.05) is 11.3 Å². The summed E-state index contributed by atoms with van der Waals surface area (Å²) in [6, 6.07) is 12.2. The summed E-state index contributed by atoms with van der Waals surface area (Å²) < 4.78 is 45.6. The van der Waals surface area contributed by atoms with Crippen LogP contribution in [0.3, 0.4) is 0 Å². The van der Waals surface area contributed by atoms with Gasteiger partial charge in [0.05, 0.1) is 5.57 Å². The lowest BCUT2D eigenvalue weighted by molar-refractivity contribution is -0.274. The van der Waals surface area contributed by atoms with Crippen LogP contribution in [-0.4, -0.2) is 18.9 Å². The third kappa shape index (κ3) is 3.87. The Labute approximate surface area is 135 Å². The van der Waals surface area contributed by atoms with E-state index in [4.69, 9.17) is 4.74 Å². The van der Waals surface area contributed by atoms with E-state index in [1.165, 1.54) is 12.1 Å². The molecule has 0 aliphatic carbocycles. The summed E-state index contributed by atoms with van der Waals surface area (Å²) in [6.07, 6.45) is -3.03. The van der Waals surface area contributed by atoms with E-state index in [9.17, 15) is 18.0 Å². The van der Waals surface area contributed by atoms with Gasteiger partial charge < -0.3 is 14.8 Å². The van der Waals surface area contributed by atoms with E-state index < -0.39 is 6.36 Å². The molecular weight excluding hydrogens is 323 g/mol. The van der Waals surface area contributed by atoms with Crippen LogP contribution in [0.15, 0.2) is 54.1 Å². The molecular formula is C17H12F3NO3. The molecule has 1 heterocycles. The van der Waals surface area contributed by atoms with E-state index in [0.717, 1.165) is 17.7 Å². The molecule has 1 amide bonds. The highest BCUT2D eigenvalue weighted by atomic mass is 19.4. The Morgan fingerprint density at radius 2 is 1.79 bits per heavy atom. The minimum atomic E-state index is -4.75. The summed E-state index contributed by atoms with van der Waals surface area (Å²) in [7, 11) is 0. The third-order valence-electron chi connectivity index (χ3n) is 3.27. The molecule has 1 aliphatic rings. The summed E-state index contributed by atoms with van der Waals surface area (Å²) in [6.45, 7) is 0.123. The van der Waals surface area contributed by atoms with Crippen LogP contribution in [0.25, 0.3) is 6.08 Å². The van der Waals surface area contributed by atoms with Crippen molar-refractivity contribution in [3.05, 3.63) is 59.7 Å². The SMILES string of the molecule is O=C(Nc1ccc(OC(F)(F)F)cc1)C1=Cc2ccccc2OC1. The van der Waals surface area contributed by atoms with Gasteiger partial charge in [-0.15, -0.1) is 13.2 Å². The monoisotopic (exact) mass is 335 g/mol. The molecule has 0 saturated carbocycles.